The zero-order valence-electron chi connectivity index (χ0n) is 7.10. The van der Waals surface area contributed by atoms with Gasteiger partial charge in [0.2, 0.25) is 0 Å². The van der Waals surface area contributed by atoms with Gasteiger partial charge in [-0.1, -0.05) is 12.1 Å². The highest BCUT2D eigenvalue weighted by Crippen LogP contribution is 2.16. The predicted octanol–water partition coefficient (Wildman–Crippen LogP) is 0.330. The molecule has 0 aliphatic carbocycles. The van der Waals surface area contributed by atoms with Crippen LogP contribution in [-0.4, -0.2) is 12.2 Å². The molecule has 13 heavy (non-hydrogen) atoms. The third kappa shape index (κ3) is 5.45. The Hall–Kier alpha value is -1.82. The fourth-order valence-corrected chi connectivity index (χ4v) is 0.703. The Labute approximate surface area is 74.7 Å². The van der Waals surface area contributed by atoms with Crippen molar-refractivity contribution in [3.63, 3.8) is 0 Å². The minimum absolute atomic E-state index is 0.845. The first-order valence-corrected chi connectivity index (χ1v) is 3.34. The number of quaternary nitrogens is 1. The highest BCUT2D eigenvalue weighted by atomic mass is 16.9. The summed E-state index contributed by atoms with van der Waals surface area (Å²) in [7, 11) is 1.64. The van der Waals surface area contributed by atoms with Gasteiger partial charge >= 0.3 is 0 Å². The van der Waals surface area contributed by atoms with Crippen molar-refractivity contribution >= 4 is 5.69 Å². The van der Waals surface area contributed by atoms with Crippen molar-refractivity contribution in [2.45, 2.75) is 0 Å². The lowest BCUT2D eigenvalue weighted by atomic mass is 10.3. The molecule has 0 saturated carbocycles. The average Bonchev–Trinajstić information content (AvgIpc) is 2.04. The Morgan fingerprint density at radius 3 is 2.15 bits per heavy atom. The molecule has 6 heteroatoms. The summed E-state index contributed by atoms with van der Waals surface area (Å²) in [5, 5.41) is 14.8. The molecule has 0 bridgehead atoms. The number of benzene rings is 1. The van der Waals surface area contributed by atoms with Gasteiger partial charge < -0.3 is 25.8 Å². The number of hydrogen-bond acceptors (Lipinski definition) is 4. The Balaban J connectivity index is 0.000000310. The van der Waals surface area contributed by atoms with Crippen LogP contribution < -0.4 is 10.5 Å². The second-order valence-electron chi connectivity index (χ2n) is 2.04. The Morgan fingerprint density at radius 1 is 1.38 bits per heavy atom. The van der Waals surface area contributed by atoms with Crippen molar-refractivity contribution in [2.75, 3.05) is 7.11 Å². The van der Waals surface area contributed by atoms with Crippen LogP contribution in [0.3, 0.4) is 0 Å². The highest BCUT2D eigenvalue weighted by Gasteiger charge is 1.96. The standard InChI is InChI=1S/C7H9NO.NO3/c1-9-7-5-3-2-4-6(7)8;2-1(3)4/h2-5H,8H2,1H3;/q;-1/p+1. The van der Waals surface area contributed by atoms with Crippen molar-refractivity contribution in [3.8, 4) is 5.75 Å². The molecule has 0 spiro atoms. The minimum Gasteiger partial charge on any atom is -0.491 e. The normalized spacial score (nSPS) is 8.15. The maximum atomic E-state index is 8.25. The lowest BCUT2D eigenvalue weighted by molar-refractivity contribution is -0.402. The van der Waals surface area contributed by atoms with Crippen LogP contribution in [0.2, 0.25) is 0 Å². The van der Waals surface area contributed by atoms with E-state index < -0.39 is 5.09 Å². The molecule has 0 atom stereocenters. The molecule has 3 N–H and O–H groups in total. The van der Waals surface area contributed by atoms with E-state index in [1.54, 1.807) is 7.11 Å². The van der Waals surface area contributed by atoms with Crippen LogP contribution in [0.4, 0.5) is 5.69 Å². The van der Waals surface area contributed by atoms with E-state index in [0.717, 1.165) is 11.4 Å². The minimum atomic E-state index is -1.75. The van der Waals surface area contributed by atoms with Crippen LogP contribution in [0.25, 0.3) is 0 Å². The molecule has 0 amide bonds. The highest BCUT2D eigenvalue weighted by molar-refractivity contribution is 5.43. The third-order valence-electron chi connectivity index (χ3n) is 1.19. The van der Waals surface area contributed by atoms with Gasteiger partial charge in [0.05, 0.1) is 12.2 Å². The van der Waals surface area contributed by atoms with Gasteiger partial charge in [-0.25, -0.2) is 0 Å². The van der Waals surface area contributed by atoms with E-state index in [9.17, 15) is 0 Å². The molecular weight excluding hydrogens is 176 g/mol. The number of rotatable bonds is 1. The number of ether oxygens (including phenoxy) is 1. The van der Waals surface area contributed by atoms with Crippen LogP contribution in [0.1, 0.15) is 0 Å². The van der Waals surface area contributed by atoms with Gasteiger partial charge in [-0.05, 0) is 6.07 Å². The molecule has 0 radical (unpaired) electrons. The Bertz CT molecular complexity index is 273. The summed E-state index contributed by atoms with van der Waals surface area (Å²) >= 11 is 0. The molecule has 0 aromatic heterocycles. The van der Waals surface area contributed by atoms with Crippen LogP contribution >= 0.6 is 0 Å². The smallest absolute Gasteiger partial charge is 0.179 e. The predicted molar refractivity (Wildman–Crippen MR) is 45.9 cm³/mol. The van der Waals surface area contributed by atoms with Crippen LogP contribution in [0.5, 0.6) is 5.75 Å². The van der Waals surface area contributed by atoms with Gasteiger partial charge in [-0.3, -0.25) is 0 Å². The summed E-state index contributed by atoms with van der Waals surface area (Å²) in [6.45, 7) is 0. The molecule has 0 fully saturated rings. The fraction of sp³-hybridized carbons (Fsp3) is 0.143. The van der Waals surface area contributed by atoms with Crippen LogP contribution in [0, 0.1) is 15.3 Å². The summed E-state index contributed by atoms with van der Waals surface area (Å²) in [6, 6.07) is 7.67. The van der Waals surface area contributed by atoms with Gasteiger partial charge in [-0.2, -0.15) is 0 Å². The first kappa shape index (κ1) is 11.2. The zero-order valence-corrected chi connectivity index (χ0v) is 7.10. The van der Waals surface area contributed by atoms with E-state index in [0.29, 0.717) is 0 Å². The largest absolute Gasteiger partial charge is 0.491 e. The van der Waals surface area contributed by atoms with Gasteiger partial charge in [0, 0.05) is 6.07 Å². The molecule has 1 aromatic carbocycles. The zero-order chi connectivity index (χ0) is 10.3. The first-order valence-electron chi connectivity index (χ1n) is 3.34. The van der Waals surface area contributed by atoms with Gasteiger partial charge in [0.1, 0.15) is 0 Å². The molecule has 0 aliphatic heterocycles. The summed E-state index contributed by atoms with van der Waals surface area (Å²) < 4.78 is 4.98. The SMILES string of the molecule is COc1ccccc1[NH3+].O=[N+]([O-])[O-]. The maximum absolute atomic E-state index is 8.25. The second-order valence-corrected chi connectivity index (χ2v) is 2.04. The topological polar surface area (TPSA) is 103 Å². The maximum Gasteiger partial charge on any atom is 0.179 e. The van der Waals surface area contributed by atoms with Crippen LogP contribution in [-0.2, 0) is 0 Å². The monoisotopic (exact) mass is 186 g/mol. The molecule has 0 unspecified atom stereocenters. The molecular formula is C7H10N2O4. The fourth-order valence-electron chi connectivity index (χ4n) is 0.703. The molecule has 0 aliphatic rings. The molecule has 1 aromatic rings. The quantitative estimate of drug-likeness (QED) is 0.504. The molecule has 1 rings (SSSR count). The molecule has 0 heterocycles. The number of hydrogen-bond donors (Lipinski definition) is 1. The average molecular weight is 186 g/mol. The summed E-state index contributed by atoms with van der Waals surface area (Å²) in [5.74, 6) is 0.845. The summed E-state index contributed by atoms with van der Waals surface area (Å²) in [6.07, 6.45) is 0. The second kappa shape index (κ2) is 5.78. The van der Waals surface area contributed by atoms with E-state index in [4.69, 9.17) is 20.1 Å². The Morgan fingerprint density at radius 2 is 1.85 bits per heavy atom. The summed E-state index contributed by atoms with van der Waals surface area (Å²) in [4.78, 5) is 8.25. The number of methoxy groups -OCH3 is 1. The van der Waals surface area contributed by atoms with E-state index in [2.05, 4.69) is 5.73 Å². The van der Waals surface area contributed by atoms with Gasteiger partial charge in [-0.15, -0.1) is 0 Å². The third-order valence-corrected chi connectivity index (χ3v) is 1.19. The lowest BCUT2D eigenvalue weighted by Crippen LogP contribution is -2.40. The van der Waals surface area contributed by atoms with E-state index in [1.807, 2.05) is 24.3 Å². The summed E-state index contributed by atoms with van der Waals surface area (Å²) in [5.41, 5.74) is 4.70. The number of nitrogens with zero attached hydrogens (tertiary/aromatic N) is 1. The van der Waals surface area contributed by atoms with E-state index >= 15 is 0 Å². The van der Waals surface area contributed by atoms with Gasteiger partial charge in [0.15, 0.2) is 11.4 Å². The Kier molecular flexibility index (Phi) is 4.97. The van der Waals surface area contributed by atoms with Crippen molar-refractivity contribution in [2.24, 2.45) is 0 Å². The van der Waals surface area contributed by atoms with Crippen LogP contribution in [0.15, 0.2) is 24.3 Å². The van der Waals surface area contributed by atoms with Crippen molar-refractivity contribution in [3.05, 3.63) is 39.6 Å². The first-order chi connectivity index (χ1) is 6.07. The number of para-hydroxylation sites is 1. The molecule has 72 valence electrons. The molecule has 6 nitrogen and oxygen atoms in total. The van der Waals surface area contributed by atoms with Crippen molar-refractivity contribution in [1.82, 2.24) is 0 Å². The van der Waals surface area contributed by atoms with Crippen molar-refractivity contribution in [1.29, 1.82) is 0 Å². The lowest BCUT2D eigenvalue weighted by Gasteiger charge is -1.97. The van der Waals surface area contributed by atoms with E-state index in [-0.39, 0.29) is 0 Å². The van der Waals surface area contributed by atoms with E-state index in [1.165, 1.54) is 0 Å². The molecule has 0 saturated heterocycles. The van der Waals surface area contributed by atoms with Gasteiger partial charge in [0.25, 0.3) is 0 Å². The van der Waals surface area contributed by atoms with Crippen molar-refractivity contribution < 1.29 is 15.6 Å².